The molecule has 0 N–H and O–H groups in total. The first-order valence-electron chi connectivity index (χ1n) is 2.58. The lowest BCUT2D eigenvalue weighted by atomic mass is 10.5. The van der Waals surface area contributed by atoms with E-state index in [9.17, 15) is 0 Å². The molecule has 0 unspecified atom stereocenters. The summed E-state index contributed by atoms with van der Waals surface area (Å²) < 4.78 is 1.89. The minimum atomic E-state index is 0.667. The van der Waals surface area contributed by atoms with Crippen LogP contribution in [0.3, 0.4) is 0 Å². The maximum Gasteiger partial charge on any atom is 0.191 e. The predicted molar refractivity (Wildman–Crippen MR) is 40.6 cm³/mol. The van der Waals surface area contributed by atoms with Crippen molar-refractivity contribution in [3.8, 4) is 0 Å². The molecule has 48 valence electrons. The van der Waals surface area contributed by atoms with Crippen LogP contribution in [0.2, 0.25) is 5.02 Å². The summed E-state index contributed by atoms with van der Waals surface area (Å²) in [6.45, 7) is 0. The standard InChI is InChI=1S/C6H6ClNS/c7-6-2-1-3-8(4-6)5-9/h1-4H,5H2/p+1. The number of hydrogen-bond donors (Lipinski definition) is 1. The van der Waals surface area contributed by atoms with Crippen molar-refractivity contribution in [2.75, 3.05) is 0 Å². The average molecular weight is 161 g/mol. The lowest BCUT2D eigenvalue weighted by Crippen LogP contribution is -2.29. The second-order valence-corrected chi connectivity index (χ2v) is 2.40. The van der Waals surface area contributed by atoms with Crippen LogP contribution in [0.5, 0.6) is 0 Å². The Labute approximate surface area is 64.7 Å². The monoisotopic (exact) mass is 160 g/mol. The second kappa shape index (κ2) is 3.08. The zero-order chi connectivity index (χ0) is 6.69. The van der Waals surface area contributed by atoms with Gasteiger partial charge in [0, 0.05) is 6.07 Å². The van der Waals surface area contributed by atoms with Crippen LogP contribution in [0.15, 0.2) is 24.5 Å². The Hall–Kier alpha value is -0.210. The van der Waals surface area contributed by atoms with E-state index < -0.39 is 0 Å². The van der Waals surface area contributed by atoms with Gasteiger partial charge in [0.25, 0.3) is 0 Å². The highest BCUT2D eigenvalue weighted by Crippen LogP contribution is 2.00. The van der Waals surface area contributed by atoms with E-state index in [1.807, 2.05) is 29.1 Å². The van der Waals surface area contributed by atoms with E-state index in [4.69, 9.17) is 11.6 Å². The number of thiol groups is 1. The molecule has 9 heavy (non-hydrogen) atoms. The zero-order valence-electron chi connectivity index (χ0n) is 4.79. The normalized spacial score (nSPS) is 9.56. The molecule has 0 aromatic carbocycles. The van der Waals surface area contributed by atoms with Crippen molar-refractivity contribution >= 4 is 24.2 Å². The average Bonchev–Trinajstić information content (AvgIpc) is 1.88. The molecule has 0 saturated carbocycles. The van der Waals surface area contributed by atoms with E-state index in [1.54, 1.807) is 0 Å². The maximum absolute atomic E-state index is 5.67. The Bertz CT molecular complexity index is 202. The molecule has 0 atom stereocenters. The molecular formula is C6H7ClNS+. The fourth-order valence-electron chi connectivity index (χ4n) is 0.578. The lowest BCUT2D eigenvalue weighted by Gasteiger charge is -1.88. The van der Waals surface area contributed by atoms with Crippen LogP contribution in [-0.2, 0) is 5.88 Å². The molecule has 0 radical (unpaired) electrons. The van der Waals surface area contributed by atoms with E-state index in [0.717, 1.165) is 5.02 Å². The van der Waals surface area contributed by atoms with Crippen LogP contribution < -0.4 is 4.57 Å². The van der Waals surface area contributed by atoms with Gasteiger partial charge in [-0.25, -0.2) is 0 Å². The predicted octanol–water partition coefficient (Wildman–Crippen LogP) is 1.51. The fraction of sp³-hybridized carbons (Fsp3) is 0.167. The minimum absolute atomic E-state index is 0.667. The molecule has 1 nitrogen and oxygen atoms in total. The van der Waals surface area contributed by atoms with E-state index >= 15 is 0 Å². The third-order valence-electron chi connectivity index (χ3n) is 0.985. The number of hydrogen-bond acceptors (Lipinski definition) is 1. The Balaban J connectivity index is 2.94. The van der Waals surface area contributed by atoms with Gasteiger partial charge < -0.3 is 0 Å². The molecule has 3 heteroatoms. The van der Waals surface area contributed by atoms with Crippen LogP contribution in [0, 0.1) is 0 Å². The Morgan fingerprint density at radius 3 is 2.89 bits per heavy atom. The summed E-state index contributed by atoms with van der Waals surface area (Å²) in [5.41, 5.74) is 0. The van der Waals surface area contributed by atoms with Gasteiger partial charge in [0.2, 0.25) is 0 Å². The molecule has 0 aliphatic heterocycles. The van der Waals surface area contributed by atoms with Gasteiger partial charge in [-0.1, -0.05) is 11.6 Å². The highest BCUT2D eigenvalue weighted by Gasteiger charge is 1.94. The molecule has 0 spiro atoms. The van der Waals surface area contributed by atoms with E-state index in [1.165, 1.54) is 0 Å². The van der Waals surface area contributed by atoms with Crippen molar-refractivity contribution in [3.05, 3.63) is 29.5 Å². The third kappa shape index (κ3) is 1.88. The summed E-state index contributed by atoms with van der Waals surface area (Å²) in [5.74, 6) is 0.667. The topological polar surface area (TPSA) is 3.88 Å². The van der Waals surface area contributed by atoms with Gasteiger partial charge >= 0.3 is 0 Å². The van der Waals surface area contributed by atoms with Crippen LogP contribution in [0.25, 0.3) is 0 Å². The van der Waals surface area contributed by atoms with Crippen molar-refractivity contribution < 1.29 is 4.57 Å². The molecule has 1 aromatic rings. The molecule has 0 bridgehead atoms. The summed E-state index contributed by atoms with van der Waals surface area (Å²) in [5, 5.41) is 0.742. The first-order valence-corrected chi connectivity index (χ1v) is 3.59. The first-order chi connectivity index (χ1) is 4.33. The molecule has 0 aliphatic carbocycles. The van der Waals surface area contributed by atoms with E-state index in [0.29, 0.717) is 5.88 Å². The summed E-state index contributed by atoms with van der Waals surface area (Å²) in [4.78, 5) is 0. The number of pyridine rings is 1. The van der Waals surface area contributed by atoms with Gasteiger partial charge in [-0.05, 0) is 6.07 Å². The second-order valence-electron chi connectivity index (χ2n) is 1.68. The van der Waals surface area contributed by atoms with Gasteiger partial charge in [-0.15, -0.1) is 12.6 Å². The molecule has 0 fully saturated rings. The Kier molecular flexibility index (Phi) is 2.37. The quantitative estimate of drug-likeness (QED) is 0.469. The SMILES string of the molecule is SC[n+]1cccc(Cl)c1. The Morgan fingerprint density at radius 1 is 1.67 bits per heavy atom. The summed E-state index contributed by atoms with van der Waals surface area (Å²) >= 11 is 9.73. The van der Waals surface area contributed by atoms with Crippen molar-refractivity contribution in [1.29, 1.82) is 0 Å². The van der Waals surface area contributed by atoms with Gasteiger partial charge in [0.1, 0.15) is 5.02 Å². The lowest BCUT2D eigenvalue weighted by molar-refractivity contribution is -0.675. The van der Waals surface area contributed by atoms with Crippen LogP contribution >= 0.6 is 24.2 Å². The highest BCUT2D eigenvalue weighted by molar-refractivity contribution is 7.78. The summed E-state index contributed by atoms with van der Waals surface area (Å²) in [6, 6.07) is 3.72. The zero-order valence-corrected chi connectivity index (χ0v) is 6.44. The molecule has 0 amide bonds. The largest absolute Gasteiger partial charge is 0.194 e. The van der Waals surface area contributed by atoms with Crippen molar-refractivity contribution in [2.24, 2.45) is 0 Å². The van der Waals surface area contributed by atoms with Gasteiger partial charge in [-0.2, -0.15) is 4.57 Å². The number of aromatic nitrogens is 1. The van der Waals surface area contributed by atoms with Crippen LogP contribution in [0.4, 0.5) is 0 Å². The highest BCUT2D eigenvalue weighted by atomic mass is 35.5. The van der Waals surface area contributed by atoms with Crippen molar-refractivity contribution in [2.45, 2.75) is 5.88 Å². The molecular weight excluding hydrogens is 154 g/mol. The van der Waals surface area contributed by atoms with Crippen molar-refractivity contribution in [1.82, 2.24) is 0 Å². The third-order valence-corrected chi connectivity index (χ3v) is 1.54. The fourth-order valence-corrected chi connectivity index (χ4v) is 0.952. The Morgan fingerprint density at radius 2 is 2.44 bits per heavy atom. The molecule has 0 aliphatic rings. The van der Waals surface area contributed by atoms with E-state index in [-0.39, 0.29) is 0 Å². The van der Waals surface area contributed by atoms with Crippen LogP contribution in [-0.4, -0.2) is 0 Å². The van der Waals surface area contributed by atoms with Gasteiger partial charge in [-0.3, -0.25) is 0 Å². The molecule has 0 saturated heterocycles. The van der Waals surface area contributed by atoms with Crippen molar-refractivity contribution in [3.63, 3.8) is 0 Å². The summed E-state index contributed by atoms with van der Waals surface area (Å²) in [6.07, 6.45) is 3.74. The van der Waals surface area contributed by atoms with Gasteiger partial charge in [0.15, 0.2) is 18.3 Å². The molecule has 1 rings (SSSR count). The maximum atomic E-state index is 5.67. The number of nitrogens with zero attached hydrogens (tertiary/aromatic N) is 1. The number of halogens is 1. The minimum Gasteiger partial charge on any atom is -0.194 e. The number of rotatable bonds is 1. The first kappa shape index (κ1) is 6.90. The van der Waals surface area contributed by atoms with Crippen LogP contribution in [0.1, 0.15) is 0 Å². The summed E-state index contributed by atoms with van der Waals surface area (Å²) in [7, 11) is 0. The van der Waals surface area contributed by atoms with Gasteiger partial charge in [0.05, 0.1) is 0 Å². The smallest absolute Gasteiger partial charge is 0.191 e. The molecule has 1 heterocycles. The molecule has 1 aromatic heterocycles. The van der Waals surface area contributed by atoms with E-state index in [2.05, 4.69) is 12.6 Å².